The molecule has 0 aliphatic carbocycles. The number of allylic oxidation sites excluding steroid dienone is 1. The molecule has 1 aliphatic heterocycles. The molecule has 1 aliphatic rings. The normalized spacial score (nSPS) is 29.3. The third kappa shape index (κ3) is 7.20. The first-order chi connectivity index (χ1) is 10.7. The fourth-order valence-corrected chi connectivity index (χ4v) is 2.61. The predicted octanol–water partition coefficient (Wildman–Crippen LogP) is 1.79. The van der Waals surface area contributed by atoms with Gasteiger partial charge in [0, 0.05) is 0 Å². The average molecular weight is 316 g/mol. The summed E-state index contributed by atoms with van der Waals surface area (Å²) in [5, 5.41) is 28.7. The summed E-state index contributed by atoms with van der Waals surface area (Å²) in [6, 6.07) is 0. The van der Waals surface area contributed by atoms with Crippen LogP contribution in [0.3, 0.4) is 0 Å². The summed E-state index contributed by atoms with van der Waals surface area (Å²) in [6.07, 6.45) is 9.49. The van der Waals surface area contributed by atoms with E-state index in [1.54, 1.807) is 0 Å². The van der Waals surface area contributed by atoms with E-state index in [9.17, 15) is 15.3 Å². The monoisotopic (exact) mass is 316 g/mol. The first-order valence-corrected chi connectivity index (χ1v) is 8.55. The second-order valence-corrected chi connectivity index (χ2v) is 5.94. The van der Waals surface area contributed by atoms with E-state index < -0.39 is 24.4 Å². The lowest BCUT2D eigenvalue weighted by Gasteiger charge is -2.37. The number of unbranched alkanes of at least 4 members (excludes halogenated alkanes) is 6. The third-order valence-electron chi connectivity index (χ3n) is 4.03. The Kier molecular flexibility index (Phi) is 10.7. The first-order valence-electron chi connectivity index (χ1n) is 8.55. The van der Waals surface area contributed by atoms with E-state index in [0.29, 0.717) is 6.61 Å². The molecule has 1 saturated heterocycles. The highest BCUT2D eigenvalue weighted by Gasteiger charge is 2.38. The zero-order valence-electron chi connectivity index (χ0n) is 13.7. The SMILES string of the molecule is CCCCCCCC/C=C/CO[C@@H]1[C@@H](O)[C@H](O)CO[C@H]1CO. The Balaban J connectivity index is 2.12. The lowest BCUT2D eigenvalue weighted by Crippen LogP contribution is -2.55. The molecule has 5 nitrogen and oxygen atoms in total. The van der Waals surface area contributed by atoms with Crippen molar-refractivity contribution in [2.45, 2.75) is 76.3 Å². The number of aliphatic hydroxyl groups is 3. The number of hydrogen-bond acceptors (Lipinski definition) is 5. The Morgan fingerprint density at radius 3 is 2.55 bits per heavy atom. The molecule has 0 bridgehead atoms. The molecule has 5 heteroatoms. The number of hydrogen-bond donors (Lipinski definition) is 3. The third-order valence-corrected chi connectivity index (χ3v) is 4.03. The van der Waals surface area contributed by atoms with Gasteiger partial charge in [0.2, 0.25) is 0 Å². The van der Waals surface area contributed by atoms with Crippen LogP contribution < -0.4 is 0 Å². The van der Waals surface area contributed by atoms with E-state index in [1.807, 2.05) is 6.08 Å². The molecule has 1 rings (SSSR count). The number of ether oxygens (including phenoxy) is 2. The van der Waals surface area contributed by atoms with Crippen LogP contribution in [0.2, 0.25) is 0 Å². The summed E-state index contributed by atoms with van der Waals surface area (Å²) < 4.78 is 10.8. The van der Waals surface area contributed by atoms with Crippen LogP contribution in [0.25, 0.3) is 0 Å². The van der Waals surface area contributed by atoms with Gasteiger partial charge in [-0.15, -0.1) is 0 Å². The van der Waals surface area contributed by atoms with Crippen molar-refractivity contribution in [3.05, 3.63) is 12.2 Å². The molecule has 1 fully saturated rings. The molecule has 0 saturated carbocycles. The molecule has 0 amide bonds. The number of aliphatic hydroxyl groups excluding tert-OH is 3. The van der Waals surface area contributed by atoms with Gasteiger partial charge in [-0.25, -0.2) is 0 Å². The molecule has 1 heterocycles. The molecule has 0 aromatic rings. The molecule has 0 unspecified atom stereocenters. The average Bonchev–Trinajstić information content (AvgIpc) is 2.53. The molecular weight excluding hydrogens is 284 g/mol. The van der Waals surface area contributed by atoms with Crippen molar-refractivity contribution in [3.8, 4) is 0 Å². The van der Waals surface area contributed by atoms with Gasteiger partial charge in [-0.3, -0.25) is 0 Å². The second kappa shape index (κ2) is 12.0. The van der Waals surface area contributed by atoms with Crippen LogP contribution in [0.1, 0.15) is 51.9 Å². The van der Waals surface area contributed by atoms with Gasteiger partial charge in [0.1, 0.15) is 24.4 Å². The van der Waals surface area contributed by atoms with Crippen molar-refractivity contribution in [1.29, 1.82) is 0 Å². The summed E-state index contributed by atoms with van der Waals surface area (Å²) in [7, 11) is 0. The molecule has 130 valence electrons. The molecule has 0 spiro atoms. The fourth-order valence-electron chi connectivity index (χ4n) is 2.61. The quantitative estimate of drug-likeness (QED) is 0.400. The van der Waals surface area contributed by atoms with Crippen LogP contribution >= 0.6 is 0 Å². The maximum Gasteiger partial charge on any atom is 0.115 e. The predicted molar refractivity (Wildman–Crippen MR) is 85.7 cm³/mol. The minimum Gasteiger partial charge on any atom is -0.394 e. The van der Waals surface area contributed by atoms with Crippen LogP contribution in [-0.2, 0) is 9.47 Å². The minimum absolute atomic E-state index is 0.0279. The van der Waals surface area contributed by atoms with Crippen molar-refractivity contribution in [1.82, 2.24) is 0 Å². The Morgan fingerprint density at radius 2 is 1.82 bits per heavy atom. The standard InChI is InChI=1S/C17H32O5/c1-2-3-4-5-6-7-8-9-10-11-21-17-15(12-18)22-13-14(19)16(17)20/h9-10,14-20H,2-8,11-13H2,1H3/b10-9+/t14-,15+,16+,17+/m1/s1. The zero-order valence-corrected chi connectivity index (χ0v) is 13.7. The molecule has 0 aromatic heterocycles. The van der Waals surface area contributed by atoms with E-state index in [-0.39, 0.29) is 13.2 Å². The van der Waals surface area contributed by atoms with Crippen molar-refractivity contribution in [3.63, 3.8) is 0 Å². The summed E-state index contributed by atoms with van der Waals surface area (Å²) in [6.45, 7) is 2.37. The fraction of sp³-hybridized carbons (Fsp3) is 0.882. The second-order valence-electron chi connectivity index (χ2n) is 5.94. The molecule has 0 aromatic carbocycles. The largest absolute Gasteiger partial charge is 0.394 e. The highest BCUT2D eigenvalue weighted by Crippen LogP contribution is 2.18. The Morgan fingerprint density at radius 1 is 1.09 bits per heavy atom. The van der Waals surface area contributed by atoms with E-state index in [0.717, 1.165) is 6.42 Å². The van der Waals surface area contributed by atoms with Crippen LogP contribution in [0.5, 0.6) is 0 Å². The van der Waals surface area contributed by atoms with Gasteiger partial charge in [-0.1, -0.05) is 51.2 Å². The molecule has 4 atom stereocenters. The summed E-state index contributed by atoms with van der Waals surface area (Å²) >= 11 is 0. The smallest absolute Gasteiger partial charge is 0.115 e. The lowest BCUT2D eigenvalue weighted by molar-refractivity contribution is -0.208. The molecular formula is C17H32O5. The highest BCUT2D eigenvalue weighted by molar-refractivity contribution is 4.89. The van der Waals surface area contributed by atoms with E-state index >= 15 is 0 Å². The highest BCUT2D eigenvalue weighted by atomic mass is 16.6. The zero-order chi connectivity index (χ0) is 16.2. The Hall–Kier alpha value is -0.460. The van der Waals surface area contributed by atoms with Gasteiger partial charge in [-0.05, 0) is 12.8 Å². The lowest BCUT2D eigenvalue weighted by atomic mass is 10.0. The van der Waals surface area contributed by atoms with Gasteiger partial charge in [0.25, 0.3) is 0 Å². The van der Waals surface area contributed by atoms with Gasteiger partial charge in [0.05, 0.1) is 19.8 Å². The topological polar surface area (TPSA) is 79.2 Å². The maximum atomic E-state index is 9.89. The van der Waals surface area contributed by atoms with Gasteiger partial charge >= 0.3 is 0 Å². The maximum absolute atomic E-state index is 9.89. The number of rotatable bonds is 11. The van der Waals surface area contributed by atoms with E-state index in [4.69, 9.17) is 9.47 Å². The molecule has 0 radical (unpaired) electrons. The van der Waals surface area contributed by atoms with Crippen molar-refractivity contribution >= 4 is 0 Å². The van der Waals surface area contributed by atoms with Crippen LogP contribution in [0.15, 0.2) is 12.2 Å². The Labute approximate surface area is 133 Å². The Bertz CT molecular complexity index is 293. The van der Waals surface area contributed by atoms with Crippen LogP contribution in [0.4, 0.5) is 0 Å². The summed E-state index contributed by atoms with van der Waals surface area (Å²) in [4.78, 5) is 0. The van der Waals surface area contributed by atoms with Crippen molar-refractivity contribution < 1.29 is 24.8 Å². The van der Waals surface area contributed by atoms with Gasteiger partial charge in [-0.2, -0.15) is 0 Å². The van der Waals surface area contributed by atoms with Crippen molar-refractivity contribution in [2.75, 3.05) is 19.8 Å². The molecule has 22 heavy (non-hydrogen) atoms. The minimum atomic E-state index is -1.02. The summed E-state index contributed by atoms with van der Waals surface area (Å²) in [5.74, 6) is 0. The van der Waals surface area contributed by atoms with E-state index in [1.165, 1.54) is 38.5 Å². The first kappa shape index (κ1) is 19.6. The van der Waals surface area contributed by atoms with E-state index in [2.05, 4.69) is 13.0 Å². The van der Waals surface area contributed by atoms with Gasteiger partial charge < -0.3 is 24.8 Å². The van der Waals surface area contributed by atoms with Crippen LogP contribution in [-0.4, -0.2) is 59.6 Å². The van der Waals surface area contributed by atoms with Gasteiger partial charge in [0.15, 0.2) is 0 Å². The summed E-state index contributed by atoms with van der Waals surface area (Å²) in [5.41, 5.74) is 0. The van der Waals surface area contributed by atoms with Crippen molar-refractivity contribution in [2.24, 2.45) is 0 Å². The molecule has 3 N–H and O–H groups in total. The van der Waals surface area contributed by atoms with Crippen LogP contribution in [0, 0.1) is 0 Å².